The van der Waals surface area contributed by atoms with Crippen molar-refractivity contribution in [2.24, 2.45) is 0 Å². The van der Waals surface area contributed by atoms with Gasteiger partial charge >= 0.3 is 0 Å². The van der Waals surface area contributed by atoms with Crippen LogP contribution in [0.4, 0.5) is 0 Å². The fourth-order valence-corrected chi connectivity index (χ4v) is 1.75. The van der Waals surface area contributed by atoms with Crippen LogP contribution in [-0.2, 0) is 4.79 Å². The quantitative estimate of drug-likeness (QED) is 0.260. The molecule has 0 saturated carbocycles. The first kappa shape index (κ1) is 14.4. The number of aldehydes is 1. The molecule has 0 aromatic rings. The number of allylic oxidation sites excluding steroid dienone is 1. The number of carbonyl (C=O) groups is 1. The van der Waals surface area contributed by atoms with Crippen LogP contribution in [0.25, 0.3) is 0 Å². The SMILES string of the molecule is C=CCCCCCCCCCCCC=O. The topological polar surface area (TPSA) is 17.1 Å². The third kappa shape index (κ3) is 13.4. The molecule has 0 aliphatic carbocycles. The Balaban J connectivity index is 2.86. The molecule has 88 valence electrons. The van der Waals surface area contributed by atoms with E-state index in [1.165, 1.54) is 57.8 Å². The predicted octanol–water partition coefficient (Wildman–Crippen LogP) is 4.66. The van der Waals surface area contributed by atoms with Gasteiger partial charge in [0.25, 0.3) is 0 Å². The van der Waals surface area contributed by atoms with Crippen LogP contribution < -0.4 is 0 Å². The van der Waals surface area contributed by atoms with E-state index in [9.17, 15) is 4.79 Å². The zero-order chi connectivity index (χ0) is 11.2. The smallest absolute Gasteiger partial charge is 0.119 e. The molecular weight excluding hydrogens is 184 g/mol. The van der Waals surface area contributed by atoms with Crippen molar-refractivity contribution in [3.05, 3.63) is 12.7 Å². The lowest BCUT2D eigenvalue weighted by atomic mass is 10.1. The zero-order valence-electron chi connectivity index (χ0n) is 10.0. The molecule has 0 aliphatic heterocycles. The predicted molar refractivity (Wildman–Crippen MR) is 67.0 cm³/mol. The average Bonchev–Trinajstić information content (AvgIpc) is 2.26. The van der Waals surface area contributed by atoms with E-state index >= 15 is 0 Å². The molecule has 1 heteroatoms. The highest BCUT2D eigenvalue weighted by Gasteiger charge is 1.92. The van der Waals surface area contributed by atoms with Crippen molar-refractivity contribution in [1.82, 2.24) is 0 Å². The van der Waals surface area contributed by atoms with Crippen molar-refractivity contribution >= 4 is 6.29 Å². The second kappa shape index (κ2) is 13.4. The molecule has 0 radical (unpaired) electrons. The van der Waals surface area contributed by atoms with Crippen LogP contribution in [0.15, 0.2) is 12.7 Å². The number of unbranched alkanes of at least 4 members (excludes halogenated alkanes) is 10. The third-order valence-corrected chi connectivity index (χ3v) is 2.73. The molecule has 1 nitrogen and oxygen atoms in total. The lowest BCUT2D eigenvalue weighted by Gasteiger charge is -2.00. The van der Waals surface area contributed by atoms with Crippen molar-refractivity contribution in [3.8, 4) is 0 Å². The maximum Gasteiger partial charge on any atom is 0.119 e. The summed E-state index contributed by atoms with van der Waals surface area (Å²) >= 11 is 0. The van der Waals surface area contributed by atoms with Gasteiger partial charge in [0.2, 0.25) is 0 Å². The summed E-state index contributed by atoms with van der Waals surface area (Å²) in [5.41, 5.74) is 0. The highest BCUT2D eigenvalue weighted by molar-refractivity contribution is 5.48. The summed E-state index contributed by atoms with van der Waals surface area (Å²) in [6.07, 6.45) is 16.7. The largest absolute Gasteiger partial charge is 0.303 e. The molecule has 0 unspecified atom stereocenters. The van der Waals surface area contributed by atoms with Gasteiger partial charge in [-0.2, -0.15) is 0 Å². The van der Waals surface area contributed by atoms with E-state index in [1.54, 1.807) is 0 Å². The molecule has 0 spiro atoms. The van der Waals surface area contributed by atoms with Crippen LogP contribution >= 0.6 is 0 Å². The van der Waals surface area contributed by atoms with Crippen molar-refractivity contribution in [2.45, 2.75) is 70.6 Å². The molecule has 0 amide bonds. The highest BCUT2D eigenvalue weighted by Crippen LogP contribution is 2.10. The van der Waals surface area contributed by atoms with Crippen LogP contribution in [0.1, 0.15) is 70.6 Å². The van der Waals surface area contributed by atoms with E-state index in [0.29, 0.717) is 0 Å². The van der Waals surface area contributed by atoms with Crippen LogP contribution in [0, 0.1) is 0 Å². The van der Waals surface area contributed by atoms with Gasteiger partial charge in [-0.25, -0.2) is 0 Å². The second-order valence-electron chi connectivity index (χ2n) is 4.21. The Morgan fingerprint density at radius 2 is 1.07 bits per heavy atom. The molecule has 0 bridgehead atoms. The van der Waals surface area contributed by atoms with Crippen molar-refractivity contribution in [3.63, 3.8) is 0 Å². The monoisotopic (exact) mass is 210 g/mol. The van der Waals surface area contributed by atoms with Gasteiger partial charge in [-0.15, -0.1) is 6.58 Å². The Labute approximate surface area is 95.0 Å². The van der Waals surface area contributed by atoms with E-state index in [2.05, 4.69) is 6.58 Å². The van der Waals surface area contributed by atoms with Gasteiger partial charge in [0.1, 0.15) is 6.29 Å². The van der Waals surface area contributed by atoms with Gasteiger partial charge in [0.15, 0.2) is 0 Å². The fourth-order valence-electron chi connectivity index (χ4n) is 1.75. The summed E-state index contributed by atoms with van der Waals surface area (Å²) in [7, 11) is 0. The standard InChI is InChI=1S/C14H26O/c1-2-3-4-5-6-7-8-9-10-11-12-13-14-15/h2,14H,1,3-13H2. The summed E-state index contributed by atoms with van der Waals surface area (Å²) in [6.45, 7) is 3.72. The normalized spacial score (nSPS) is 10.1. The molecule has 0 fully saturated rings. The molecule has 0 atom stereocenters. The fraction of sp³-hybridized carbons (Fsp3) is 0.786. The number of rotatable bonds is 12. The summed E-state index contributed by atoms with van der Waals surface area (Å²) in [6, 6.07) is 0. The van der Waals surface area contributed by atoms with E-state index < -0.39 is 0 Å². The lowest BCUT2D eigenvalue weighted by Crippen LogP contribution is -1.82. The zero-order valence-corrected chi connectivity index (χ0v) is 10.0. The first-order chi connectivity index (χ1) is 7.41. The molecule has 0 aliphatic rings. The molecule has 0 N–H and O–H groups in total. The van der Waals surface area contributed by atoms with E-state index in [-0.39, 0.29) is 0 Å². The average molecular weight is 210 g/mol. The van der Waals surface area contributed by atoms with E-state index in [1.807, 2.05) is 6.08 Å². The molecule has 0 aromatic carbocycles. The minimum atomic E-state index is 0.752. The van der Waals surface area contributed by atoms with Gasteiger partial charge in [-0.05, 0) is 19.3 Å². The van der Waals surface area contributed by atoms with Crippen LogP contribution in [-0.4, -0.2) is 6.29 Å². The molecular formula is C14H26O. The Bertz CT molecular complexity index is 124. The first-order valence-corrected chi connectivity index (χ1v) is 6.46. The van der Waals surface area contributed by atoms with Crippen molar-refractivity contribution in [1.29, 1.82) is 0 Å². The van der Waals surface area contributed by atoms with E-state index in [4.69, 9.17) is 0 Å². The van der Waals surface area contributed by atoms with Crippen molar-refractivity contribution in [2.75, 3.05) is 0 Å². The molecule has 0 heterocycles. The Kier molecular flexibility index (Phi) is 12.9. The minimum absolute atomic E-state index is 0.752. The lowest BCUT2D eigenvalue weighted by molar-refractivity contribution is -0.107. The Hall–Kier alpha value is -0.590. The number of carbonyl (C=O) groups excluding carboxylic acids is 1. The van der Waals surface area contributed by atoms with Crippen molar-refractivity contribution < 1.29 is 4.79 Å². The molecule has 0 saturated heterocycles. The Morgan fingerprint density at radius 3 is 1.47 bits per heavy atom. The summed E-state index contributed by atoms with van der Waals surface area (Å²) in [4.78, 5) is 10.1. The summed E-state index contributed by atoms with van der Waals surface area (Å²) < 4.78 is 0. The second-order valence-corrected chi connectivity index (χ2v) is 4.21. The van der Waals surface area contributed by atoms with Gasteiger partial charge in [-0.1, -0.05) is 51.0 Å². The Morgan fingerprint density at radius 1 is 0.667 bits per heavy atom. The number of hydrogen-bond acceptors (Lipinski definition) is 1. The molecule has 15 heavy (non-hydrogen) atoms. The van der Waals surface area contributed by atoms with Crippen LogP contribution in [0.3, 0.4) is 0 Å². The third-order valence-electron chi connectivity index (χ3n) is 2.73. The molecule has 0 rings (SSSR count). The van der Waals surface area contributed by atoms with E-state index in [0.717, 1.165) is 19.1 Å². The van der Waals surface area contributed by atoms with Crippen LogP contribution in [0.2, 0.25) is 0 Å². The van der Waals surface area contributed by atoms with Gasteiger partial charge < -0.3 is 4.79 Å². The summed E-state index contributed by atoms with van der Waals surface area (Å²) in [5, 5.41) is 0. The number of hydrogen-bond donors (Lipinski definition) is 0. The van der Waals surface area contributed by atoms with Crippen LogP contribution in [0.5, 0.6) is 0 Å². The van der Waals surface area contributed by atoms with Gasteiger partial charge in [0, 0.05) is 6.42 Å². The molecule has 0 aromatic heterocycles. The maximum absolute atomic E-state index is 10.1. The van der Waals surface area contributed by atoms with Gasteiger partial charge in [0.05, 0.1) is 0 Å². The highest BCUT2D eigenvalue weighted by atomic mass is 16.1. The van der Waals surface area contributed by atoms with Gasteiger partial charge in [-0.3, -0.25) is 0 Å². The maximum atomic E-state index is 10.1. The summed E-state index contributed by atoms with van der Waals surface area (Å²) in [5.74, 6) is 0. The first-order valence-electron chi connectivity index (χ1n) is 6.46. The minimum Gasteiger partial charge on any atom is -0.303 e.